The van der Waals surface area contributed by atoms with Gasteiger partial charge in [-0.25, -0.2) is 4.98 Å². The molecule has 3 rings (SSSR count). The normalized spacial score (nSPS) is 12.5. The molecule has 5 nitrogen and oxygen atoms in total. The topological polar surface area (TPSA) is 59.4 Å². The number of hydrogen-bond donors (Lipinski definition) is 1. The highest BCUT2D eigenvalue weighted by Gasteiger charge is 2.13. The summed E-state index contributed by atoms with van der Waals surface area (Å²) in [4.78, 5) is 4.51. The summed E-state index contributed by atoms with van der Waals surface area (Å²) in [6.45, 7) is 2.03. The smallest absolute Gasteiger partial charge is 0.181 e. The van der Waals surface area contributed by atoms with Gasteiger partial charge in [-0.2, -0.15) is 10.2 Å². The van der Waals surface area contributed by atoms with E-state index in [1.807, 2.05) is 54.2 Å². The van der Waals surface area contributed by atoms with Crippen molar-refractivity contribution in [3.05, 3.63) is 54.6 Å². The van der Waals surface area contributed by atoms with Gasteiger partial charge in [-0.1, -0.05) is 30.3 Å². The van der Waals surface area contributed by atoms with E-state index in [1.165, 1.54) is 0 Å². The third-order valence-electron chi connectivity index (χ3n) is 2.85. The Labute approximate surface area is 104 Å². The lowest BCUT2D eigenvalue weighted by molar-refractivity contribution is 0.538. The van der Waals surface area contributed by atoms with Gasteiger partial charge in [0.1, 0.15) is 11.9 Å². The van der Waals surface area contributed by atoms with Crippen LogP contribution in [0.4, 0.5) is 0 Å². The number of nitrogens with one attached hydrogen (secondary N) is 1. The Morgan fingerprint density at radius 1 is 1.17 bits per heavy atom. The minimum atomic E-state index is 0.0463. The molecule has 0 radical (unpaired) electrons. The van der Waals surface area contributed by atoms with Crippen LogP contribution in [0.2, 0.25) is 0 Å². The standard InChI is InChI=1S/C13H13N5/c1-10(18-9-5-8-14-18)12-15-13(17-16-12)11-6-3-2-4-7-11/h2-10H,1H3,(H,15,16,17). The molecule has 0 fully saturated rings. The molecule has 0 spiro atoms. The summed E-state index contributed by atoms with van der Waals surface area (Å²) in [5.74, 6) is 1.52. The Bertz CT molecular complexity index is 612. The quantitative estimate of drug-likeness (QED) is 0.762. The van der Waals surface area contributed by atoms with Crippen molar-refractivity contribution in [2.45, 2.75) is 13.0 Å². The largest absolute Gasteiger partial charge is 0.262 e. The molecule has 0 amide bonds. The maximum atomic E-state index is 4.51. The molecule has 2 aromatic heterocycles. The minimum absolute atomic E-state index is 0.0463. The molecule has 0 aliphatic rings. The van der Waals surface area contributed by atoms with Crippen molar-refractivity contribution in [2.24, 2.45) is 0 Å². The predicted octanol–water partition coefficient (Wildman–Crippen LogP) is 2.28. The Kier molecular flexibility index (Phi) is 2.64. The number of aromatic amines is 1. The molecule has 0 bridgehead atoms. The summed E-state index contributed by atoms with van der Waals surface area (Å²) in [6, 6.07) is 11.8. The zero-order chi connectivity index (χ0) is 12.4. The van der Waals surface area contributed by atoms with Crippen LogP contribution in [0.1, 0.15) is 18.8 Å². The van der Waals surface area contributed by atoms with E-state index in [-0.39, 0.29) is 6.04 Å². The van der Waals surface area contributed by atoms with Crippen molar-refractivity contribution >= 4 is 0 Å². The van der Waals surface area contributed by atoms with Gasteiger partial charge in [0.25, 0.3) is 0 Å². The van der Waals surface area contributed by atoms with Crippen molar-refractivity contribution in [1.29, 1.82) is 0 Å². The van der Waals surface area contributed by atoms with E-state index in [0.29, 0.717) is 5.82 Å². The Morgan fingerprint density at radius 2 is 2.00 bits per heavy atom. The van der Waals surface area contributed by atoms with E-state index in [4.69, 9.17) is 0 Å². The summed E-state index contributed by atoms with van der Waals surface area (Å²) < 4.78 is 1.84. The van der Waals surface area contributed by atoms with Crippen LogP contribution in [-0.4, -0.2) is 25.0 Å². The van der Waals surface area contributed by atoms with Gasteiger partial charge in [0.2, 0.25) is 0 Å². The predicted molar refractivity (Wildman–Crippen MR) is 67.9 cm³/mol. The summed E-state index contributed by atoms with van der Waals surface area (Å²) in [5, 5.41) is 11.4. The molecule has 1 unspecified atom stereocenters. The van der Waals surface area contributed by atoms with Crippen LogP contribution in [0.25, 0.3) is 11.4 Å². The third kappa shape index (κ3) is 1.90. The van der Waals surface area contributed by atoms with Gasteiger partial charge in [-0.3, -0.25) is 9.78 Å². The second-order valence-electron chi connectivity index (χ2n) is 4.07. The zero-order valence-corrected chi connectivity index (χ0v) is 9.99. The van der Waals surface area contributed by atoms with Gasteiger partial charge in [-0.05, 0) is 13.0 Å². The maximum absolute atomic E-state index is 4.51. The van der Waals surface area contributed by atoms with Crippen LogP contribution in [0.3, 0.4) is 0 Å². The lowest BCUT2D eigenvalue weighted by Crippen LogP contribution is -2.08. The summed E-state index contributed by atoms with van der Waals surface area (Å²) in [5.41, 5.74) is 1.01. The molecule has 1 N–H and O–H groups in total. The highest BCUT2D eigenvalue weighted by atomic mass is 15.3. The third-order valence-corrected chi connectivity index (χ3v) is 2.85. The van der Waals surface area contributed by atoms with Crippen molar-refractivity contribution in [3.63, 3.8) is 0 Å². The monoisotopic (exact) mass is 239 g/mol. The molecule has 3 aromatic rings. The summed E-state index contributed by atoms with van der Waals surface area (Å²) in [6.07, 6.45) is 3.67. The van der Waals surface area contributed by atoms with Gasteiger partial charge in [0.05, 0.1) is 0 Å². The molecule has 0 saturated carbocycles. The summed E-state index contributed by atoms with van der Waals surface area (Å²) in [7, 11) is 0. The number of rotatable bonds is 3. The average molecular weight is 239 g/mol. The van der Waals surface area contributed by atoms with E-state index in [9.17, 15) is 0 Å². The molecular formula is C13H13N5. The molecule has 18 heavy (non-hydrogen) atoms. The molecule has 0 aliphatic carbocycles. The Balaban J connectivity index is 1.90. The number of aromatic nitrogens is 5. The van der Waals surface area contributed by atoms with Crippen molar-refractivity contribution in [2.75, 3.05) is 0 Å². The Morgan fingerprint density at radius 3 is 2.72 bits per heavy atom. The molecule has 0 aliphatic heterocycles. The van der Waals surface area contributed by atoms with Gasteiger partial charge in [0.15, 0.2) is 5.82 Å². The van der Waals surface area contributed by atoms with Crippen LogP contribution in [-0.2, 0) is 0 Å². The lowest BCUT2D eigenvalue weighted by Gasteiger charge is -2.07. The lowest BCUT2D eigenvalue weighted by atomic mass is 10.2. The van der Waals surface area contributed by atoms with Gasteiger partial charge in [0, 0.05) is 18.0 Å². The number of nitrogens with zero attached hydrogens (tertiary/aromatic N) is 4. The van der Waals surface area contributed by atoms with Gasteiger partial charge in [-0.15, -0.1) is 0 Å². The van der Waals surface area contributed by atoms with Crippen molar-refractivity contribution < 1.29 is 0 Å². The van der Waals surface area contributed by atoms with Crippen molar-refractivity contribution in [3.8, 4) is 11.4 Å². The Hall–Kier alpha value is -2.43. The first-order valence-corrected chi connectivity index (χ1v) is 5.81. The minimum Gasteiger partial charge on any atom is -0.262 e. The van der Waals surface area contributed by atoms with Crippen LogP contribution >= 0.6 is 0 Å². The van der Waals surface area contributed by atoms with Crippen LogP contribution in [0, 0.1) is 0 Å². The van der Waals surface area contributed by atoms with Crippen LogP contribution < -0.4 is 0 Å². The van der Waals surface area contributed by atoms with E-state index in [0.717, 1.165) is 11.4 Å². The molecule has 0 saturated heterocycles. The highest BCUT2D eigenvalue weighted by Crippen LogP contribution is 2.17. The number of H-pyrrole nitrogens is 1. The molecule has 1 aromatic carbocycles. The molecule has 1 atom stereocenters. The van der Waals surface area contributed by atoms with Crippen molar-refractivity contribution in [1.82, 2.24) is 25.0 Å². The van der Waals surface area contributed by atoms with E-state index >= 15 is 0 Å². The average Bonchev–Trinajstić information content (AvgIpc) is 3.10. The number of benzene rings is 1. The first-order valence-electron chi connectivity index (χ1n) is 5.81. The van der Waals surface area contributed by atoms with E-state index < -0.39 is 0 Å². The number of hydrogen-bond acceptors (Lipinski definition) is 3. The van der Waals surface area contributed by atoms with Crippen LogP contribution in [0.15, 0.2) is 48.8 Å². The van der Waals surface area contributed by atoms with Crippen LogP contribution in [0.5, 0.6) is 0 Å². The molecule has 5 heteroatoms. The molecular weight excluding hydrogens is 226 g/mol. The second kappa shape index (κ2) is 4.44. The fourth-order valence-electron chi connectivity index (χ4n) is 1.81. The fraction of sp³-hybridized carbons (Fsp3) is 0.154. The van der Waals surface area contributed by atoms with Gasteiger partial charge < -0.3 is 0 Å². The highest BCUT2D eigenvalue weighted by molar-refractivity contribution is 5.53. The zero-order valence-electron chi connectivity index (χ0n) is 9.99. The fourth-order valence-corrected chi connectivity index (χ4v) is 1.81. The molecule has 90 valence electrons. The SMILES string of the molecule is CC(c1nc(-c2ccccc2)n[nH]1)n1cccn1. The second-order valence-corrected chi connectivity index (χ2v) is 4.07. The van der Waals surface area contributed by atoms with E-state index in [2.05, 4.69) is 20.3 Å². The first kappa shape index (κ1) is 10.7. The maximum Gasteiger partial charge on any atom is 0.181 e. The van der Waals surface area contributed by atoms with E-state index in [1.54, 1.807) is 6.20 Å². The molecule has 2 heterocycles. The van der Waals surface area contributed by atoms with Gasteiger partial charge >= 0.3 is 0 Å². The summed E-state index contributed by atoms with van der Waals surface area (Å²) >= 11 is 0. The first-order chi connectivity index (χ1) is 8.84.